The second kappa shape index (κ2) is 6.99. The third kappa shape index (κ3) is 3.70. The van der Waals surface area contributed by atoms with Crippen molar-refractivity contribution in [2.24, 2.45) is 0 Å². The Kier molecular flexibility index (Phi) is 4.77. The van der Waals surface area contributed by atoms with Crippen molar-refractivity contribution in [3.05, 3.63) is 39.9 Å². The minimum absolute atomic E-state index is 0.0492. The summed E-state index contributed by atoms with van der Waals surface area (Å²) in [6, 6.07) is 4.90. The Morgan fingerprint density at radius 3 is 2.75 bits per heavy atom. The van der Waals surface area contributed by atoms with Crippen LogP contribution in [0.3, 0.4) is 0 Å². The summed E-state index contributed by atoms with van der Waals surface area (Å²) in [7, 11) is -3.11. The van der Waals surface area contributed by atoms with Crippen LogP contribution in [0.5, 0.6) is 0 Å². The van der Waals surface area contributed by atoms with Crippen LogP contribution in [-0.4, -0.2) is 40.9 Å². The molecule has 2 aliphatic rings. The van der Waals surface area contributed by atoms with Crippen LogP contribution in [0.25, 0.3) is 10.9 Å². The van der Waals surface area contributed by atoms with E-state index in [4.69, 9.17) is 0 Å². The minimum atomic E-state index is -3.11. The summed E-state index contributed by atoms with van der Waals surface area (Å²) in [4.78, 5) is 30.3. The lowest BCUT2D eigenvalue weighted by Crippen LogP contribution is -2.46. The zero-order valence-corrected chi connectivity index (χ0v) is 16.8. The number of carbonyl (C=O) groups is 1. The van der Waals surface area contributed by atoms with Crippen molar-refractivity contribution in [2.45, 2.75) is 57.5 Å². The number of nitrogens with zero attached hydrogens (tertiary/aromatic N) is 2. The first-order chi connectivity index (χ1) is 13.3. The highest BCUT2D eigenvalue weighted by Gasteiger charge is 2.39. The van der Waals surface area contributed by atoms with E-state index in [2.05, 4.69) is 10.3 Å². The third-order valence-electron chi connectivity index (χ3n) is 5.75. The van der Waals surface area contributed by atoms with Crippen molar-refractivity contribution in [1.82, 2.24) is 14.9 Å². The van der Waals surface area contributed by atoms with Gasteiger partial charge in [0.1, 0.15) is 5.82 Å². The molecular formula is C20H25N3O4S. The summed E-state index contributed by atoms with van der Waals surface area (Å²) in [5, 5.41) is 3.37. The fourth-order valence-corrected chi connectivity index (χ4v) is 6.28. The summed E-state index contributed by atoms with van der Waals surface area (Å²) >= 11 is 0. The largest absolute Gasteiger partial charge is 0.346 e. The summed E-state index contributed by atoms with van der Waals surface area (Å²) in [6.45, 7) is 2.44. The number of carbonyl (C=O) groups excluding carboxylic acids is 1. The predicted molar refractivity (Wildman–Crippen MR) is 107 cm³/mol. The van der Waals surface area contributed by atoms with Crippen LogP contribution in [0.15, 0.2) is 23.0 Å². The van der Waals surface area contributed by atoms with Gasteiger partial charge in [-0.1, -0.05) is 12.8 Å². The van der Waals surface area contributed by atoms with Gasteiger partial charge in [0.15, 0.2) is 9.84 Å². The maximum atomic E-state index is 12.9. The van der Waals surface area contributed by atoms with Gasteiger partial charge < -0.3 is 5.32 Å². The minimum Gasteiger partial charge on any atom is -0.346 e. The van der Waals surface area contributed by atoms with Gasteiger partial charge in [0, 0.05) is 18.5 Å². The standard InChI is InChI=1S/C20H25N3O4S/c1-20(9-11-28(26,27)13-20)22-18(24)14-7-8-15-16(12-14)21-17-6-4-2-3-5-10-23(17)19(15)25/h7-8,12H,2-6,9-11,13H2,1H3,(H,22,24). The monoisotopic (exact) mass is 403 g/mol. The molecule has 1 aromatic heterocycles. The van der Waals surface area contributed by atoms with Crippen molar-refractivity contribution < 1.29 is 13.2 Å². The molecule has 4 rings (SSSR count). The van der Waals surface area contributed by atoms with E-state index in [1.54, 1.807) is 29.7 Å². The first kappa shape index (κ1) is 19.1. The lowest BCUT2D eigenvalue weighted by atomic mass is 10.0. The number of aromatic nitrogens is 2. The molecule has 28 heavy (non-hydrogen) atoms. The van der Waals surface area contributed by atoms with Crippen LogP contribution in [0, 0.1) is 0 Å². The molecule has 1 saturated heterocycles. The first-order valence-electron chi connectivity index (χ1n) is 9.83. The highest BCUT2D eigenvalue weighted by Crippen LogP contribution is 2.24. The van der Waals surface area contributed by atoms with Crippen molar-refractivity contribution in [3.63, 3.8) is 0 Å². The smallest absolute Gasteiger partial charge is 0.261 e. The Bertz CT molecular complexity index is 1110. The van der Waals surface area contributed by atoms with Crippen LogP contribution in [0.2, 0.25) is 0 Å². The molecule has 0 saturated carbocycles. The van der Waals surface area contributed by atoms with Gasteiger partial charge in [-0.2, -0.15) is 0 Å². The van der Waals surface area contributed by atoms with E-state index in [9.17, 15) is 18.0 Å². The van der Waals surface area contributed by atoms with Crippen molar-refractivity contribution in [3.8, 4) is 0 Å². The molecule has 3 heterocycles. The Hall–Kier alpha value is -2.22. The third-order valence-corrected chi connectivity index (χ3v) is 7.65. The molecule has 1 fully saturated rings. The molecule has 2 aromatic rings. The Morgan fingerprint density at radius 2 is 2.00 bits per heavy atom. The number of nitrogens with one attached hydrogen (secondary N) is 1. The van der Waals surface area contributed by atoms with Gasteiger partial charge in [0.25, 0.3) is 11.5 Å². The van der Waals surface area contributed by atoms with Crippen molar-refractivity contribution >= 4 is 26.6 Å². The maximum Gasteiger partial charge on any atom is 0.261 e. The predicted octanol–water partition coefficient (Wildman–Crippen LogP) is 1.82. The van der Waals surface area contributed by atoms with Crippen LogP contribution < -0.4 is 10.9 Å². The van der Waals surface area contributed by atoms with Gasteiger partial charge >= 0.3 is 0 Å². The molecule has 1 aromatic carbocycles. The lowest BCUT2D eigenvalue weighted by Gasteiger charge is -2.24. The zero-order chi connectivity index (χ0) is 19.9. The van der Waals surface area contributed by atoms with E-state index in [0.29, 0.717) is 29.4 Å². The number of hydrogen-bond acceptors (Lipinski definition) is 5. The second-order valence-electron chi connectivity index (χ2n) is 8.24. The molecule has 1 atom stereocenters. The molecular weight excluding hydrogens is 378 g/mol. The van der Waals surface area contributed by atoms with Crippen LogP contribution in [0.4, 0.5) is 0 Å². The lowest BCUT2D eigenvalue weighted by molar-refractivity contribution is 0.0915. The van der Waals surface area contributed by atoms with Crippen LogP contribution in [-0.2, 0) is 22.8 Å². The highest BCUT2D eigenvalue weighted by molar-refractivity contribution is 7.91. The van der Waals surface area contributed by atoms with Crippen LogP contribution in [0.1, 0.15) is 55.2 Å². The van der Waals surface area contributed by atoms with Gasteiger partial charge in [-0.15, -0.1) is 0 Å². The molecule has 150 valence electrons. The molecule has 0 radical (unpaired) electrons. The molecule has 0 aliphatic carbocycles. The molecule has 1 amide bonds. The number of fused-ring (bicyclic) bond motifs is 2. The summed E-state index contributed by atoms with van der Waals surface area (Å²) in [5.74, 6) is 0.483. The number of aryl methyl sites for hydroxylation is 1. The van der Waals surface area contributed by atoms with E-state index in [0.717, 1.165) is 37.9 Å². The van der Waals surface area contributed by atoms with Gasteiger partial charge in [0.05, 0.1) is 27.9 Å². The molecule has 8 heteroatoms. The fourth-order valence-electron chi connectivity index (χ4n) is 4.19. The summed E-state index contributed by atoms with van der Waals surface area (Å²) in [5.41, 5.74) is 0.0984. The second-order valence-corrected chi connectivity index (χ2v) is 10.4. The van der Waals surface area contributed by atoms with Crippen LogP contribution >= 0.6 is 0 Å². The van der Waals surface area contributed by atoms with E-state index < -0.39 is 15.4 Å². The van der Waals surface area contributed by atoms with Gasteiger partial charge in [0.2, 0.25) is 0 Å². The van der Waals surface area contributed by atoms with Gasteiger partial charge in [-0.3, -0.25) is 14.2 Å². The van der Waals surface area contributed by atoms with Gasteiger partial charge in [-0.25, -0.2) is 13.4 Å². The van der Waals surface area contributed by atoms with Crippen molar-refractivity contribution in [1.29, 1.82) is 0 Å². The average molecular weight is 404 g/mol. The molecule has 2 aliphatic heterocycles. The molecule has 7 nitrogen and oxygen atoms in total. The van der Waals surface area contributed by atoms with Gasteiger partial charge in [-0.05, 0) is 44.4 Å². The SMILES string of the molecule is CC1(NC(=O)c2ccc3c(=O)n4c(nc3c2)CCCCCC4)CCS(=O)(=O)C1. The van der Waals surface area contributed by atoms with E-state index in [1.807, 2.05) is 0 Å². The Morgan fingerprint density at radius 1 is 1.21 bits per heavy atom. The molecule has 1 N–H and O–H groups in total. The number of amides is 1. The molecule has 0 spiro atoms. The quantitative estimate of drug-likeness (QED) is 0.825. The fraction of sp³-hybridized carbons (Fsp3) is 0.550. The zero-order valence-electron chi connectivity index (χ0n) is 16.0. The van der Waals surface area contributed by atoms with Crippen molar-refractivity contribution in [2.75, 3.05) is 11.5 Å². The number of sulfone groups is 1. The Balaban J connectivity index is 1.67. The first-order valence-corrected chi connectivity index (χ1v) is 11.6. The normalized spacial score (nSPS) is 24.3. The summed E-state index contributed by atoms with van der Waals surface area (Å²) in [6.07, 6.45) is 5.40. The average Bonchev–Trinajstić information content (AvgIpc) is 2.89. The topological polar surface area (TPSA) is 98.1 Å². The summed E-state index contributed by atoms with van der Waals surface area (Å²) < 4.78 is 25.3. The highest BCUT2D eigenvalue weighted by atomic mass is 32.2. The number of hydrogen-bond donors (Lipinski definition) is 1. The van der Waals surface area contributed by atoms with E-state index in [1.165, 1.54) is 0 Å². The molecule has 0 bridgehead atoms. The number of benzene rings is 1. The maximum absolute atomic E-state index is 12.9. The molecule has 1 unspecified atom stereocenters. The van der Waals surface area contributed by atoms with E-state index in [-0.39, 0.29) is 23.0 Å². The number of rotatable bonds is 2. The Labute approximate surface area is 164 Å². The van der Waals surface area contributed by atoms with E-state index >= 15 is 0 Å².